The van der Waals surface area contributed by atoms with E-state index in [2.05, 4.69) is 18.7 Å². The fraction of sp³-hybridized carbons (Fsp3) is 0.391. The Bertz CT molecular complexity index is 1200. The molecule has 0 unspecified atom stereocenters. The molecule has 0 aliphatic carbocycles. The molecule has 3 aromatic rings. The number of likely N-dealkylation sites (N-methyl/N-ethyl adjacent to an activating group) is 1. The largest absolute Gasteiger partial charge is 0.494 e. The molecule has 0 atom stereocenters. The Balaban J connectivity index is 2.03. The molecule has 1 heterocycles. The van der Waals surface area contributed by atoms with E-state index in [4.69, 9.17) is 9.72 Å². The van der Waals surface area contributed by atoms with Crippen molar-refractivity contribution in [2.75, 3.05) is 44.4 Å². The molecule has 0 aliphatic heterocycles. The maximum absolute atomic E-state index is 13.5. The number of rotatable bonds is 9. The number of ether oxygens (including phenoxy) is 1. The highest BCUT2D eigenvalue weighted by atomic mass is 32.2. The zero-order valence-corrected chi connectivity index (χ0v) is 20.7. The molecule has 1 aromatic heterocycles. The lowest BCUT2D eigenvalue weighted by Gasteiger charge is -2.24. The summed E-state index contributed by atoms with van der Waals surface area (Å²) in [5, 5.41) is 0.594. The molecule has 3 rings (SSSR count). The minimum atomic E-state index is -3.33. The predicted octanol–water partition coefficient (Wildman–Crippen LogP) is 4.01. The van der Waals surface area contributed by atoms with Gasteiger partial charge >= 0.3 is 0 Å². The van der Waals surface area contributed by atoms with Crippen LogP contribution >= 0.6 is 11.3 Å². The number of amides is 1. The van der Waals surface area contributed by atoms with Gasteiger partial charge in [0, 0.05) is 24.9 Å². The summed E-state index contributed by atoms with van der Waals surface area (Å²) in [6.45, 7) is 9.12. The highest BCUT2D eigenvalue weighted by molar-refractivity contribution is 7.90. The number of carbonyl (C=O) groups is 1. The average Bonchev–Trinajstić information content (AvgIpc) is 3.22. The van der Waals surface area contributed by atoms with Crippen molar-refractivity contribution in [3.63, 3.8) is 0 Å². The van der Waals surface area contributed by atoms with Crippen LogP contribution in [0.2, 0.25) is 0 Å². The first-order valence-corrected chi connectivity index (χ1v) is 13.2. The second kappa shape index (κ2) is 9.97. The van der Waals surface area contributed by atoms with Crippen molar-refractivity contribution in [2.45, 2.75) is 25.7 Å². The highest BCUT2D eigenvalue weighted by Crippen LogP contribution is 2.36. The van der Waals surface area contributed by atoms with Gasteiger partial charge in [-0.05, 0) is 55.9 Å². The molecule has 0 radical (unpaired) electrons. The van der Waals surface area contributed by atoms with Crippen molar-refractivity contribution in [3.8, 4) is 5.75 Å². The molecule has 0 N–H and O–H groups in total. The molecular formula is C23H29N3O4S2. The molecule has 0 spiro atoms. The summed E-state index contributed by atoms with van der Waals surface area (Å²) in [6.07, 6.45) is 1.15. The summed E-state index contributed by atoms with van der Waals surface area (Å²) < 4.78 is 30.0. The molecule has 9 heteroatoms. The van der Waals surface area contributed by atoms with Crippen molar-refractivity contribution in [1.29, 1.82) is 0 Å². The van der Waals surface area contributed by atoms with Gasteiger partial charge in [0.2, 0.25) is 0 Å². The molecule has 2 aromatic carbocycles. The van der Waals surface area contributed by atoms with Crippen LogP contribution in [0.1, 0.15) is 29.8 Å². The highest BCUT2D eigenvalue weighted by Gasteiger charge is 2.24. The number of methoxy groups -OCH3 is 1. The van der Waals surface area contributed by atoms with E-state index in [-0.39, 0.29) is 10.8 Å². The van der Waals surface area contributed by atoms with Crippen LogP contribution in [0.5, 0.6) is 5.75 Å². The van der Waals surface area contributed by atoms with Gasteiger partial charge in [0.1, 0.15) is 11.3 Å². The van der Waals surface area contributed by atoms with Crippen LogP contribution in [0.15, 0.2) is 41.3 Å². The van der Waals surface area contributed by atoms with E-state index < -0.39 is 9.84 Å². The SMILES string of the molecule is CCN(CC)CCN(C(=O)c1ccc(S(C)(=O)=O)cc1)c1nc2c(OC)ccc(C)c2s1. The Kier molecular flexibility index (Phi) is 7.53. The van der Waals surface area contributed by atoms with Crippen LogP contribution in [0.4, 0.5) is 5.13 Å². The number of fused-ring (bicyclic) bond motifs is 1. The molecule has 32 heavy (non-hydrogen) atoms. The van der Waals surface area contributed by atoms with E-state index in [0.717, 1.165) is 35.1 Å². The van der Waals surface area contributed by atoms with Crippen molar-refractivity contribution in [2.24, 2.45) is 0 Å². The molecular weight excluding hydrogens is 446 g/mol. The first kappa shape index (κ1) is 24.2. The molecule has 1 amide bonds. The summed E-state index contributed by atoms with van der Waals surface area (Å²) in [6, 6.07) is 9.92. The standard InChI is InChI=1S/C23H29N3O4S2/c1-6-25(7-2)14-15-26(22(27)17-9-11-18(12-10-17)32(5,28)29)23-24-20-19(30-4)13-8-16(3)21(20)31-23/h8-13H,6-7,14-15H2,1-5H3. The van der Waals surface area contributed by atoms with Gasteiger partial charge < -0.3 is 9.64 Å². The van der Waals surface area contributed by atoms with Gasteiger partial charge in [0.15, 0.2) is 15.0 Å². The normalized spacial score (nSPS) is 11.8. The van der Waals surface area contributed by atoms with E-state index in [1.165, 1.54) is 23.5 Å². The Morgan fingerprint density at radius 3 is 2.28 bits per heavy atom. The molecule has 172 valence electrons. The number of benzene rings is 2. The van der Waals surface area contributed by atoms with Crippen LogP contribution < -0.4 is 9.64 Å². The van der Waals surface area contributed by atoms with Gasteiger partial charge in [0.05, 0.1) is 16.7 Å². The van der Waals surface area contributed by atoms with Crippen LogP contribution in [-0.4, -0.2) is 63.8 Å². The first-order chi connectivity index (χ1) is 15.2. The third-order valence-electron chi connectivity index (χ3n) is 5.45. The van der Waals surface area contributed by atoms with Crippen molar-refractivity contribution < 1.29 is 17.9 Å². The van der Waals surface area contributed by atoms with Crippen LogP contribution in [0, 0.1) is 6.92 Å². The summed E-state index contributed by atoms with van der Waals surface area (Å²) >= 11 is 1.46. The topological polar surface area (TPSA) is 79.8 Å². The first-order valence-electron chi connectivity index (χ1n) is 10.5. The number of hydrogen-bond acceptors (Lipinski definition) is 7. The minimum Gasteiger partial charge on any atom is -0.494 e. The van der Waals surface area contributed by atoms with E-state index in [9.17, 15) is 13.2 Å². The maximum Gasteiger partial charge on any atom is 0.260 e. The van der Waals surface area contributed by atoms with Crippen LogP contribution in [-0.2, 0) is 9.84 Å². The molecule has 0 saturated heterocycles. The predicted molar refractivity (Wildman–Crippen MR) is 130 cm³/mol. The molecule has 7 nitrogen and oxygen atoms in total. The van der Waals surface area contributed by atoms with Crippen molar-refractivity contribution >= 4 is 42.4 Å². The van der Waals surface area contributed by atoms with Crippen LogP contribution in [0.3, 0.4) is 0 Å². The average molecular weight is 476 g/mol. The van der Waals surface area contributed by atoms with Gasteiger partial charge in [0.25, 0.3) is 5.91 Å². The smallest absolute Gasteiger partial charge is 0.260 e. The quantitative estimate of drug-likeness (QED) is 0.465. The third-order valence-corrected chi connectivity index (χ3v) is 7.79. The van der Waals surface area contributed by atoms with E-state index in [1.54, 1.807) is 24.1 Å². The van der Waals surface area contributed by atoms with Gasteiger partial charge in [-0.3, -0.25) is 9.69 Å². The van der Waals surface area contributed by atoms with Gasteiger partial charge in [-0.2, -0.15) is 0 Å². The lowest BCUT2D eigenvalue weighted by atomic mass is 10.2. The van der Waals surface area contributed by atoms with E-state index in [0.29, 0.717) is 29.5 Å². The summed E-state index contributed by atoms with van der Waals surface area (Å²) in [7, 11) is -1.72. The lowest BCUT2D eigenvalue weighted by Crippen LogP contribution is -2.38. The second-order valence-electron chi connectivity index (χ2n) is 7.54. The molecule has 0 bridgehead atoms. The lowest BCUT2D eigenvalue weighted by molar-refractivity contribution is 0.0983. The summed E-state index contributed by atoms with van der Waals surface area (Å²) in [5.41, 5.74) is 2.22. The van der Waals surface area contributed by atoms with Crippen LogP contribution in [0.25, 0.3) is 10.2 Å². The van der Waals surface area contributed by atoms with Gasteiger partial charge in [-0.1, -0.05) is 31.3 Å². The number of sulfone groups is 1. The Hall–Kier alpha value is -2.49. The Morgan fingerprint density at radius 1 is 1.06 bits per heavy atom. The number of aromatic nitrogens is 1. The zero-order valence-electron chi connectivity index (χ0n) is 19.1. The molecule has 0 fully saturated rings. The number of nitrogens with zero attached hydrogens (tertiary/aromatic N) is 3. The summed E-state index contributed by atoms with van der Waals surface area (Å²) in [4.78, 5) is 22.4. The number of carbonyl (C=O) groups excluding carboxylic acids is 1. The van der Waals surface area contributed by atoms with Crippen molar-refractivity contribution in [1.82, 2.24) is 9.88 Å². The fourth-order valence-electron chi connectivity index (χ4n) is 3.44. The monoisotopic (exact) mass is 475 g/mol. The van der Waals surface area contributed by atoms with E-state index in [1.807, 2.05) is 19.1 Å². The van der Waals surface area contributed by atoms with Gasteiger partial charge in [-0.15, -0.1) is 0 Å². The van der Waals surface area contributed by atoms with E-state index >= 15 is 0 Å². The molecule has 0 aliphatic rings. The number of anilines is 1. The Labute approximate surface area is 193 Å². The summed E-state index contributed by atoms with van der Waals surface area (Å²) in [5.74, 6) is 0.453. The third kappa shape index (κ3) is 5.11. The maximum atomic E-state index is 13.5. The Morgan fingerprint density at radius 2 is 1.72 bits per heavy atom. The van der Waals surface area contributed by atoms with Crippen molar-refractivity contribution in [3.05, 3.63) is 47.5 Å². The fourth-order valence-corrected chi connectivity index (χ4v) is 5.15. The molecule has 0 saturated carbocycles. The number of thiazole rings is 1. The number of hydrogen-bond donors (Lipinski definition) is 0. The minimum absolute atomic E-state index is 0.184. The zero-order chi connectivity index (χ0) is 23.5. The van der Waals surface area contributed by atoms with Gasteiger partial charge in [-0.25, -0.2) is 13.4 Å². The number of aryl methyl sites for hydroxylation is 1. The second-order valence-corrected chi connectivity index (χ2v) is 10.5.